The Morgan fingerprint density at radius 3 is 2.38 bits per heavy atom. The number of carboxylic acids is 1. The highest BCUT2D eigenvalue weighted by Gasteiger charge is 2.34. The van der Waals surface area contributed by atoms with E-state index in [1.807, 2.05) is 7.05 Å². The molecule has 1 rings (SSSR count). The van der Waals surface area contributed by atoms with Gasteiger partial charge in [0.25, 0.3) is 0 Å². The average Bonchev–Trinajstić information content (AvgIpc) is 2.34. The van der Waals surface area contributed by atoms with Crippen molar-refractivity contribution in [2.24, 2.45) is 5.92 Å². The van der Waals surface area contributed by atoms with Gasteiger partial charge < -0.3 is 20.2 Å². The van der Waals surface area contributed by atoms with E-state index in [9.17, 15) is 22.8 Å². The second-order valence-electron chi connectivity index (χ2n) is 5.30. The van der Waals surface area contributed by atoms with Crippen LogP contribution in [0.3, 0.4) is 0 Å². The van der Waals surface area contributed by atoms with Gasteiger partial charge in [0.15, 0.2) is 0 Å². The van der Waals surface area contributed by atoms with Gasteiger partial charge in [0.1, 0.15) is 13.1 Å². The van der Waals surface area contributed by atoms with E-state index in [0.29, 0.717) is 0 Å². The van der Waals surface area contributed by atoms with Gasteiger partial charge in [0.2, 0.25) is 0 Å². The zero-order valence-electron chi connectivity index (χ0n) is 11.8. The number of piperidine rings is 1. The second kappa shape index (κ2) is 7.48. The van der Waals surface area contributed by atoms with Gasteiger partial charge in [0, 0.05) is 6.54 Å². The molecule has 6 nitrogen and oxygen atoms in total. The molecule has 2 N–H and O–H groups in total. The third-order valence-electron chi connectivity index (χ3n) is 3.36. The van der Waals surface area contributed by atoms with Gasteiger partial charge in [-0.3, -0.25) is 4.79 Å². The number of nitrogens with one attached hydrogen (secondary N) is 1. The van der Waals surface area contributed by atoms with Crippen LogP contribution in [-0.2, 0) is 4.79 Å². The minimum absolute atomic E-state index is 0.211. The number of halogens is 3. The average molecular weight is 311 g/mol. The van der Waals surface area contributed by atoms with Gasteiger partial charge in [-0.25, -0.2) is 4.79 Å². The van der Waals surface area contributed by atoms with Crippen molar-refractivity contribution in [2.75, 3.05) is 39.8 Å². The molecule has 0 aliphatic carbocycles. The Balaban J connectivity index is 2.46. The molecule has 0 aromatic rings. The van der Waals surface area contributed by atoms with Crippen LogP contribution < -0.4 is 5.32 Å². The normalized spacial score (nSPS) is 17.5. The number of urea groups is 1. The molecule has 0 spiro atoms. The summed E-state index contributed by atoms with van der Waals surface area (Å²) in [5, 5.41) is 11.0. The zero-order valence-corrected chi connectivity index (χ0v) is 11.8. The maximum atomic E-state index is 12.3. The van der Waals surface area contributed by atoms with Crippen molar-refractivity contribution in [1.82, 2.24) is 15.1 Å². The highest BCUT2D eigenvalue weighted by atomic mass is 19.4. The second-order valence-corrected chi connectivity index (χ2v) is 5.30. The molecule has 0 bridgehead atoms. The maximum Gasteiger partial charge on any atom is 0.406 e. The summed E-state index contributed by atoms with van der Waals surface area (Å²) in [4.78, 5) is 24.7. The van der Waals surface area contributed by atoms with Gasteiger partial charge >= 0.3 is 18.2 Å². The van der Waals surface area contributed by atoms with Crippen LogP contribution in [-0.4, -0.2) is 72.9 Å². The molecule has 122 valence electrons. The number of carbonyl (C=O) groups is 2. The Hall–Kier alpha value is -1.51. The number of hydrogen-bond acceptors (Lipinski definition) is 3. The van der Waals surface area contributed by atoms with Crippen LogP contribution in [0.5, 0.6) is 0 Å². The summed E-state index contributed by atoms with van der Waals surface area (Å²) in [7, 11) is 1.98. The predicted molar refractivity (Wildman–Crippen MR) is 68.9 cm³/mol. The number of likely N-dealkylation sites (tertiary alicyclic amines) is 1. The molecule has 2 amide bonds. The lowest BCUT2D eigenvalue weighted by Crippen LogP contribution is -2.48. The quantitative estimate of drug-likeness (QED) is 0.794. The van der Waals surface area contributed by atoms with Crippen molar-refractivity contribution in [3.63, 3.8) is 0 Å². The lowest BCUT2D eigenvalue weighted by atomic mass is 9.97. The number of aliphatic carboxylic acids is 1. The van der Waals surface area contributed by atoms with E-state index in [1.165, 1.54) is 0 Å². The highest BCUT2D eigenvalue weighted by Crippen LogP contribution is 2.17. The first kappa shape index (κ1) is 17.5. The van der Waals surface area contributed by atoms with Gasteiger partial charge in [-0.2, -0.15) is 13.2 Å². The first-order chi connectivity index (χ1) is 9.67. The maximum absolute atomic E-state index is 12.3. The number of nitrogens with zero attached hydrogens (tertiary/aromatic N) is 2. The Kier molecular flexibility index (Phi) is 6.25. The first-order valence-corrected chi connectivity index (χ1v) is 6.67. The Bertz CT molecular complexity index is 368. The summed E-state index contributed by atoms with van der Waals surface area (Å²) in [6.45, 7) is -0.526. The van der Waals surface area contributed by atoms with Crippen LogP contribution in [0, 0.1) is 5.92 Å². The van der Waals surface area contributed by atoms with Crippen LogP contribution in [0.1, 0.15) is 12.8 Å². The third kappa shape index (κ3) is 7.16. The summed E-state index contributed by atoms with van der Waals surface area (Å²) >= 11 is 0. The van der Waals surface area contributed by atoms with Crippen molar-refractivity contribution >= 4 is 12.0 Å². The van der Waals surface area contributed by atoms with Crippen molar-refractivity contribution in [1.29, 1.82) is 0 Å². The molecule has 0 aromatic carbocycles. The zero-order chi connectivity index (χ0) is 16.0. The molecular formula is C12H20F3N3O3. The fourth-order valence-corrected chi connectivity index (χ4v) is 2.19. The van der Waals surface area contributed by atoms with Crippen LogP contribution in [0.2, 0.25) is 0 Å². The molecule has 1 aliphatic rings. The molecule has 9 heteroatoms. The van der Waals surface area contributed by atoms with Gasteiger partial charge in [0.05, 0.1) is 0 Å². The standard InChI is InChI=1S/C12H20F3N3O3/c1-17-4-2-9(3-5-17)6-16-11(21)18(7-10(19)20)8-12(13,14)15/h9H,2-8H2,1H3,(H,16,21)(H,19,20). The Morgan fingerprint density at radius 2 is 1.90 bits per heavy atom. The minimum Gasteiger partial charge on any atom is -0.480 e. The SMILES string of the molecule is CN1CCC(CNC(=O)N(CC(=O)O)CC(F)(F)F)CC1. The number of rotatable bonds is 5. The third-order valence-corrected chi connectivity index (χ3v) is 3.36. The number of hydrogen-bond donors (Lipinski definition) is 2. The summed E-state index contributed by atoms with van der Waals surface area (Å²) < 4.78 is 37.0. The molecule has 0 atom stereocenters. The molecule has 21 heavy (non-hydrogen) atoms. The first-order valence-electron chi connectivity index (χ1n) is 6.67. The fraction of sp³-hybridized carbons (Fsp3) is 0.833. The van der Waals surface area contributed by atoms with E-state index in [4.69, 9.17) is 5.11 Å². The monoisotopic (exact) mass is 311 g/mol. The lowest BCUT2D eigenvalue weighted by molar-refractivity contribution is -0.148. The topological polar surface area (TPSA) is 72.9 Å². The molecule has 0 saturated carbocycles. The van der Waals surface area contributed by atoms with E-state index in [1.54, 1.807) is 0 Å². The number of carboxylic acid groups (broad SMARTS) is 1. The summed E-state index contributed by atoms with van der Waals surface area (Å²) in [6.07, 6.45) is -2.91. The van der Waals surface area contributed by atoms with Crippen LogP contribution in [0.25, 0.3) is 0 Å². The smallest absolute Gasteiger partial charge is 0.406 e. The van der Waals surface area contributed by atoms with Gasteiger partial charge in [-0.1, -0.05) is 0 Å². The van der Waals surface area contributed by atoms with Gasteiger partial charge in [-0.15, -0.1) is 0 Å². The number of carbonyl (C=O) groups excluding carboxylic acids is 1. The largest absolute Gasteiger partial charge is 0.480 e. The van der Waals surface area contributed by atoms with Crippen molar-refractivity contribution < 1.29 is 27.9 Å². The summed E-state index contributed by atoms with van der Waals surface area (Å²) in [5.74, 6) is -1.27. The fourth-order valence-electron chi connectivity index (χ4n) is 2.19. The van der Waals surface area contributed by atoms with E-state index >= 15 is 0 Å². The van der Waals surface area contributed by atoms with E-state index in [0.717, 1.165) is 25.9 Å². The molecular weight excluding hydrogens is 291 g/mol. The molecule has 1 heterocycles. The van der Waals surface area contributed by atoms with E-state index in [2.05, 4.69) is 10.2 Å². The van der Waals surface area contributed by atoms with Crippen LogP contribution in [0.15, 0.2) is 0 Å². The molecule has 1 fully saturated rings. The van der Waals surface area contributed by atoms with Crippen LogP contribution in [0.4, 0.5) is 18.0 Å². The molecule has 1 aliphatic heterocycles. The van der Waals surface area contributed by atoms with Crippen molar-refractivity contribution in [3.8, 4) is 0 Å². The Morgan fingerprint density at radius 1 is 1.33 bits per heavy atom. The predicted octanol–water partition coefficient (Wildman–Crippen LogP) is 0.987. The van der Waals surface area contributed by atoms with Crippen molar-refractivity contribution in [2.45, 2.75) is 19.0 Å². The lowest BCUT2D eigenvalue weighted by Gasteiger charge is -2.30. The molecule has 0 radical (unpaired) electrons. The summed E-state index contributed by atoms with van der Waals surface area (Å²) in [5.41, 5.74) is 0. The molecule has 1 saturated heterocycles. The number of alkyl halides is 3. The Labute approximate surface area is 120 Å². The van der Waals surface area contributed by atoms with Gasteiger partial charge in [-0.05, 0) is 38.9 Å². The number of amides is 2. The minimum atomic E-state index is -4.62. The highest BCUT2D eigenvalue weighted by molar-refractivity contribution is 5.80. The van der Waals surface area contributed by atoms with E-state index < -0.39 is 31.3 Å². The molecule has 0 aromatic heterocycles. The van der Waals surface area contributed by atoms with Crippen LogP contribution >= 0.6 is 0 Å². The van der Waals surface area contributed by atoms with Crippen molar-refractivity contribution in [3.05, 3.63) is 0 Å². The van der Waals surface area contributed by atoms with E-state index in [-0.39, 0.29) is 17.4 Å². The molecule has 0 unspecified atom stereocenters. The summed E-state index contributed by atoms with van der Waals surface area (Å²) in [6, 6.07) is -0.992.